The van der Waals surface area contributed by atoms with E-state index in [9.17, 15) is 9.18 Å². The fraction of sp³-hybridized carbons (Fsp3) is 0.500. The molecule has 1 aromatic carbocycles. The van der Waals surface area contributed by atoms with Gasteiger partial charge in [-0.25, -0.2) is 4.39 Å². The molecule has 1 amide bonds. The number of likely N-dealkylation sites (N-methyl/N-ethyl adjacent to an activating group) is 1. The van der Waals surface area contributed by atoms with E-state index in [0.29, 0.717) is 24.6 Å². The Kier molecular flexibility index (Phi) is 3.97. The first kappa shape index (κ1) is 13.0. The largest absolute Gasteiger partial charge is 0.334 e. The summed E-state index contributed by atoms with van der Waals surface area (Å²) in [6.45, 7) is 3.11. The second-order valence-electron chi connectivity index (χ2n) is 4.95. The number of hydrogen-bond acceptors (Lipinski definition) is 2. The highest BCUT2D eigenvalue weighted by atomic mass is 19.1. The van der Waals surface area contributed by atoms with Gasteiger partial charge in [-0.3, -0.25) is 4.79 Å². The molecule has 4 heteroatoms. The zero-order valence-corrected chi connectivity index (χ0v) is 10.8. The summed E-state index contributed by atoms with van der Waals surface area (Å²) in [5, 5.41) is 2.86. The highest BCUT2D eigenvalue weighted by Crippen LogP contribution is 2.36. The van der Waals surface area contributed by atoms with Crippen molar-refractivity contribution >= 4 is 5.91 Å². The number of hydrogen-bond donors (Lipinski definition) is 1. The molecular weight excluding hydrogens is 231 g/mol. The molecule has 1 aliphatic rings. The summed E-state index contributed by atoms with van der Waals surface area (Å²) in [6.07, 6.45) is 0.830. The van der Waals surface area contributed by atoms with E-state index in [1.54, 1.807) is 24.1 Å². The first-order valence-electron chi connectivity index (χ1n) is 6.32. The van der Waals surface area contributed by atoms with Crippen LogP contribution < -0.4 is 5.32 Å². The third-order valence-electron chi connectivity index (χ3n) is 3.42. The molecule has 3 nitrogen and oxygen atoms in total. The second-order valence-corrected chi connectivity index (χ2v) is 4.95. The third-order valence-corrected chi connectivity index (χ3v) is 3.42. The smallest absolute Gasteiger partial charge is 0.237 e. The molecule has 0 aliphatic carbocycles. The lowest BCUT2D eigenvalue weighted by Crippen LogP contribution is -2.37. The van der Waals surface area contributed by atoms with E-state index in [2.05, 4.69) is 12.2 Å². The lowest BCUT2D eigenvalue weighted by Gasteiger charge is -2.25. The monoisotopic (exact) mass is 250 g/mol. The van der Waals surface area contributed by atoms with Gasteiger partial charge in [0.05, 0.1) is 12.6 Å². The van der Waals surface area contributed by atoms with Crippen molar-refractivity contribution in [3.8, 4) is 0 Å². The Labute approximate surface area is 107 Å². The maximum Gasteiger partial charge on any atom is 0.237 e. The van der Waals surface area contributed by atoms with Crippen molar-refractivity contribution in [2.45, 2.75) is 19.4 Å². The van der Waals surface area contributed by atoms with Crippen molar-refractivity contribution in [2.24, 2.45) is 5.92 Å². The minimum Gasteiger partial charge on any atom is -0.334 e. The fourth-order valence-corrected chi connectivity index (χ4v) is 2.61. The van der Waals surface area contributed by atoms with Crippen LogP contribution in [0.1, 0.15) is 24.9 Å². The van der Waals surface area contributed by atoms with Gasteiger partial charge in [0, 0.05) is 12.1 Å². The van der Waals surface area contributed by atoms with Gasteiger partial charge in [-0.2, -0.15) is 0 Å². The summed E-state index contributed by atoms with van der Waals surface area (Å²) < 4.78 is 13.8. The van der Waals surface area contributed by atoms with Crippen LogP contribution in [0.3, 0.4) is 0 Å². The zero-order valence-electron chi connectivity index (χ0n) is 10.8. The Bertz CT molecular complexity index is 436. The van der Waals surface area contributed by atoms with E-state index in [0.717, 1.165) is 6.42 Å². The fourth-order valence-electron chi connectivity index (χ4n) is 2.61. The van der Waals surface area contributed by atoms with Crippen LogP contribution in [-0.2, 0) is 4.79 Å². The van der Waals surface area contributed by atoms with Crippen LogP contribution in [0.2, 0.25) is 0 Å². The minimum atomic E-state index is -0.223. The van der Waals surface area contributed by atoms with Crippen LogP contribution in [0.15, 0.2) is 24.3 Å². The number of nitrogens with zero attached hydrogens (tertiary/aromatic N) is 1. The molecule has 2 atom stereocenters. The maximum absolute atomic E-state index is 13.8. The van der Waals surface area contributed by atoms with Crippen molar-refractivity contribution < 1.29 is 9.18 Å². The molecule has 1 fully saturated rings. The van der Waals surface area contributed by atoms with Gasteiger partial charge in [-0.1, -0.05) is 25.1 Å². The summed E-state index contributed by atoms with van der Waals surface area (Å²) in [4.78, 5) is 13.8. The number of carbonyl (C=O) groups excluding carboxylic acids is 1. The lowest BCUT2D eigenvalue weighted by molar-refractivity contribution is -0.131. The van der Waals surface area contributed by atoms with E-state index in [1.807, 2.05) is 6.07 Å². The molecule has 0 bridgehead atoms. The summed E-state index contributed by atoms with van der Waals surface area (Å²) >= 11 is 0. The Morgan fingerprint density at radius 3 is 2.89 bits per heavy atom. The maximum atomic E-state index is 13.8. The summed E-state index contributed by atoms with van der Waals surface area (Å²) in [5.41, 5.74) is 0.631. The molecule has 1 aliphatic heterocycles. The Balaban J connectivity index is 2.25. The molecule has 18 heavy (non-hydrogen) atoms. The Hall–Kier alpha value is -1.42. The van der Waals surface area contributed by atoms with Gasteiger partial charge < -0.3 is 10.2 Å². The molecule has 0 aromatic heterocycles. The molecule has 0 saturated carbocycles. The average molecular weight is 250 g/mol. The average Bonchev–Trinajstić information content (AvgIpc) is 2.72. The van der Waals surface area contributed by atoms with Crippen molar-refractivity contribution in [1.82, 2.24) is 10.2 Å². The first-order valence-corrected chi connectivity index (χ1v) is 6.32. The van der Waals surface area contributed by atoms with Gasteiger partial charge in [0.15, 0.2) is 0 Å². The van der Waals surface area contributed by atoms with Gasteiger partial charge in [-0.15, -0.1) is 0 Å². The van der Waals surface area contributed by atoms with Crippen molar-refractivity contribution in [3.63, 3.8) is 0 Å². The van der Waals surface area contributed by atoms with E-state index in [1.165, 1.54) is 6.07 Å². The number of rotatable bonds is 3. The Morgan fingerprint density at radius 1 is 1.50 bits per heavy atom. The van der Waals surface area contributed by atoms with Crippen LogP contribution in [0.25, 0.3) is 0 Å². The Morgan fingerprint density at radius 2 is 2.22 bits per heavy atom. The van der Waals surface area contributed by atoms with Gasteiger partial charge in [0.1, 0.15) is 5.82 Å². The molecule has 1 N–H and O–H groups in total. The van der Waals surface area contributed by atoms with Crippen molar-refractivity contribution in [3.05, 3.63) is 35.6 Å². The van der Waals surface area contributed by atoms with E-state index in [4.69, 9.17) is 0 Å². The van der Waals surface area contributed by atoms with E-state index in [-0.39, 0.29) is 17.8 Å². The highest BCUT2D eigenvalue weighted by molar-refractivity contribution is 5.79. The van der Waals surface area contributed by atoms with E-state index < -0.39 is 0 Å². The third kappa shape index (κ3) is 2.53. The summed E-state index contributed by atoms with van der Waals surface area (Å²) in [7, 11) is 1.75. The zero-order chi connectivity index (χ0) is 13.1. The predicted octanol–water partition coefficient (Wildman–Crippen LogP) is 1.95. The highest BCUT2D eigenvalue weighted by Gasteiger charge is 2.34. The van der Waals surface area contributed by atoms with Crippen LogP contribution in [0, 0.1) is 11.7 Å². The standard InChI is InChI=1S/C14H19FN2O/c1-10-7-13(11-5-3-4-6-12(11)15)17(9-10)14(18)8-16-2/h3-6,10,13,16H,7-9H2,1-2H3. The quantitative estimate of drug-likeness (QED) is 0.889. The minimum absolute atomic E-state index is 0.0371. The number of nitrogens with one attached hydrogen (secondary N) is 1. The number of amides is 1. The summed E-state index contributed by atoms with van der Waals surface area (Å²) in [6, 6.07) is 6.61. The number of carbonyl (C=O) groups is 1. The van der Waals surface area contributed by atoms with Crippen LogP contribution in [-0.4, -0.2) is 30.9 Å². The molecular formula is C14H19FN2O. The van der Waals surface area contributed by atoms with Gasteiger partial charge in [0.2, 0.25) is 5.91 Å². The van der Waals surface area contributed by atoms with Crippen molar-refractivity contribution in [1.29, 1.82) is 0 Å². The molecule has 98 valence electrons. The molecule has 2 rings (SSSR count). The van der Waals surface area contributed by atoms with Gasteiger partial charge >= 0.3 is 0 Å². The van der Waals surface area contributed by atoms with Crippen molar-refractivity contribution in [2.75, 3.05) is 20.1 Å². The number of benzene rings is 1. The molecule has 0 radical (unpaired) electrons. The number of halogens is 1. The molecule has 1 aromatic rings. The topological polar surface area (TPSA) is 32.3 Å². The molecule has 0 spiro atoms. The van der Waals surface area contributed by atoms with Gasteiger partial charge in [0.25, 0.3) is 0 Å². The normalized spacial score (nSPS) is 23.4. The second kappa shape index (κ2) is 5.48. The van der Waals surface area contributed by atoms with E-state index >= 15 is 0 Å². The SMILES string of the molecule is CNCC(=O)N1CC(C)CC1c1ccccc1F. The molecule has 1 heterocycles. The predicted molar refractivity (Wildman–Crippen MR) is 68.6 cm³/mol. The van der Waals surface area contributed by atoms with Crippen LogP contribution in [0.4, 0.5) is 4.39 Å². The first-order chi connectivity index (χ1) is 8.63. The number of likely N-dealkylation sites (tertiary alicyclic amines) is 1. The lowest BCUT2D eigenvalue weighted by atomic mass is 10.0. The van der Waals surface area contributed by atoms with Crippen LogP contribution in [0.5, 0.6) is 0 Å². The summed E-state index contributed by atoms with van der Waals surface area (Å²) in [5.74, 6) is 0.226. The molecule has 2 unspecified atom stereocenters. The van der Waals surface area contributed by atoms with Crippen LogP contribution >= 0.6 is 0 Å². The van der Waals surface area contributed by atoms with Gasteiger partial charge in [-0.05, 0) is 25.5 Å². The molecule has 1 saturated heterocycles.